The Morgan fingerprint density at radius 3 is 2.38 bits per heavy atom. The van der Waals surface area contributed by atoms with Gasteiger partial charge in [0.25, 0.3) is 0 Å². The van der Waals surface area contributed by atoms with Crippen LogP contribution in [0, 0.1) is 0 Å². The number of para-hydroxylation sites is 1. The molecule has 2 aromatic carbocycles. The monoisotopic (exact) mass is 379 g/mol. The molecule has 4 aromatic rings. The normalized spacial score (nSPS) is 11.2. The van der Waals surface area contributed by atoms with Crippen molar-refractivity contribution >= 4 is 44.7 Å². The third-order valence-corrected chi connectivity index (χ3v) is 5.37. The van der Waals surface area contributed by atoms with Crippen LogP contribution in [0.5, 0.6) is 0 Å². The van der Waals surface area contributed by atoms with E-state index in [0.29, 0.717) is 5.92 Å². The van der Waals surface area contributed by atoms with Gasteiger partial charge in [-0.25, -0.2) is 4.98 Å². The molecular weight excluding hydrogens is 362 g/mol. The van der Waals surface area contributed by atoms with Crippen LogP contribution < -0.4 is 5.32 Å². The lowest BCUT2D eigenvalue weighted by Crippen LogP contribution is -1.96. The zero-order chi connectivity index (χ0) is 18.1. The second-order valence-corrected chi connectivity index (χ2v) is 7.63. The molecule has 0 amide bonds. The minimum absolute atomic E-state index is 0.250. The van der Waals surface area contributed by atoms with E-state index >= 15 is 0 Å². The maximum atomic E-state index is 6.15. The summed E-state index contributed by atoms with van der Waals surface area (Å²) in [5, 5.41) is 6.76. The van der Waals surface area contributed by atoms with Gasteiger partial charge in [0.15, 0.2) is 0 Å². The molecule has 1 N–H and O–H groups in total. The second-order valence-electron chi connectivity index (χ2n) is 6.44. The van der Waals surface area contributed by atoms with E-state index in [2.05, 4.69) is 58.8 Å². The first-order chi connectivity index (χ1) is 12.6. The molecule has 0 aliphatic rings. The van der Waals surface area contributed by atoms with Crippen LogP contribution in [0.3, 0.4) is 0 Å². The maximum Gasteiger partial charge on any atom is 0.225 e. The third kappa shape index (κ3) is 3.30. The van der Waals surface area contributed by atoms with Crippen molar-refractivity contribution in [3.8, 4) is 11.1 Å². The van der Waals surface area contributed by atoms with Gasteiger partial charge >= 0.3 is 0 Å². The van der Waals surface area contributed by atoms with Gasteiger partial charge in [0.1, 0.15) is 10.6 Å². The zero-order valence-electron chi connectivity index (χ0n) is 14.5. The SMILES string of the molecule is CC(C)c1ccc(-c2csc3nc(Cl)nc(Nc4ccccc4)c23)cc1. The molecule has 0 spiro atoms. The van der Waals surface area contributed by atoms with E-state index < -0.39 is 0 Å². The van der Waals surface area contributed by atoms with E-state index in [9.17, 15) is 0 Å². The summed E-state index contributed by atoms with van der Waals surface area (Å²) < 4.78 is 0. The molecule has 26 heavy (non-hydrogen) atoms. The number of rotatable bonds is 4. The summed E-state index contributed by atoms with van der Waals surface area (Å²) in [6, 6.07) is 18.7. The molecule has 4 rings (SSSR count). The molecule has 0 atom stereocenters. The number of hydrogen-bond donors (Lipinski definition) is 1. The van der Waals surface area contributed by atoms with Gasteiger partial charge < -0.3 is 5.32 Å². The van der Waals surface area contributed by atoms with E-state index in [-0.39, 0.29) is 5.28 Å². The summed E-state index contributed by atoms with van der Waals surface area (Å²) >= 11 is 7.73. The molecule has 2 aromatic heterocycles. The van der Waals surface area contributed by atoms with Crippen molar-refractivity contribution in [3.05, 3.63) is 70.8 Å². The van der Waals surface area contributed by atoms with Crippen molar-refractivity contribution in [2.24, 2.45) is 0 Å². The fourth-order valence-corrected chi connectivity index (χ4v) is 4.09. The third-order valence-electron chi connectivity index (χ3n) is 4.33. The predicted molar refractivity (Wildman–Crippen MR) is 112 cm³/mol. The van der Waals surface area contributed by atoms with Crippen LogP contribution >= 0.6 is 22.9 Å². The molecule has 0 radical (unpaired) electrons. The Bertz CT molecular complexity index is 1040. The number of anilines is 2. The largest absolute Gasteiger partial charge is 0.340 e. The van der Waals surface area contributed by atoms with Gasteiger partial charge in [-0.3, -0.25) is 0 Å². The Balaban J connectivity index is 1.83. The minimum Gasteiger partial charge on any atom is -0.340 e. The first-order valence-corrected chi connectivity index (χ1v) is 9.74. The molecule has 2 heterocycles. The highest BCUT2D eigenvalue weighted by molar-refractivity contribution is 7.17. The summed E-state index contributed by atoms with van der Waals surface area (Å²) in [7, 11) is 0. The van der Waals surface area contributed by atoms with E-state index in [1.54, 1.807) is 11.3 Å². The summed E-state index contributed by atoms with van der Waals surface area (Å²) in [5.74, 6) is 1.25. The smallest absolute Gasteiger partial charge is 0.225 e. The summed E-state index contributed by atoms with van der Waals surface area (Å²) in [6.07, 6.45) is 0. The molecule has 0 aliphatic heterocycles. The van der Waals surface area contributed by atoms with Crippen LogP contribution in [0.15, 0.2) is 60.0 Å². The highest BCUT2D eigenvalue weighted by Gasteiger charge is 2.15. The van der Waals surface area contributed by atoms with Crippen molar-refractivity contribution in [2.75, 3.05) is 5.32 Å². The van der Waals surface area contributed by atoms with Crippen LogP contribution in [0.1, 0.15) is 25.3 Å². The van der Waals surface area contributed by atoms with E-state index in [4.69, 9.17) is 11.6 Å². The zero-order valence-corrected chi connectivity index (χ0v) is 16.1. The highest BCUT2D eigenvalue weighted by atomic mass is 35.5. The van der Waals surface area contributed by atoms with Crippen LogP contribution in [-0.4, -0.2) is 9.97 Å². The van der Waals surface area contributed by atoms with Crippen LogP contribution in [0.4, 0.5) is 11.5 Å². The van der Waals surface area contributed by atoms with Crippen LogP contribution in [0.2, 0.25) is 5.28 Å². The number of aromatic nitrogens is 2. The quantitative estimate of drug-likeness (QED) is 0.393. The first kappa shape index (κ1) is 17.0. The van der Waals surface area contributed by atoms with Crippen LogP contribution in [-0.2, 0) is 0 Å². The first-order valence-electron chi connectivity index (χ1n) is 8.49. The van der Waals surface area contributed by atoms with Gasteiger partial charge in [-0.2, -0.15) is 4.98 Å². The lowest BCUT2D eigenvalue weighted by atomic mass is 9.99. The Morgan fingerprint density at radius 1 is 0.962 bits per heavy atom. The molecule has 0 fully saturated rings. The number of fused-ring (bicyclic) bond motifs is 1. The van der Waals surface area contributed by atoms with Crippen molar-refractivity contribution in [1.82, 2.24) is 9.97 Å². The lowest BCUT2D eigenvalue weighted by molar-refractivity contribution is 0.867. The Labute approximate surface area is 161 Å². The van der Waals surface area contributed by atoms with Gasteiger partial charge in [0, 0.05) is 16.6 Å². The number of hydrogen-bond acceptors (Lipinski definition) is 4. The van der Waals surface area contributed by atoms with Gasteiger partial charge in [0.05, 0.1) is 5.39 Å². The molecule has 0 saturated carbocycles. The number of thiophene rings is 1. The second kappa shape index (κ2) is 7.06. The molecule has 0 unspecified atom stereocenters. The van der Waals surface area contributed by atoms with E-state index in [0.717, 1.165) is 32.8 Å². The summed E-state index contributed by atoms with van der Waals surface area (Å²) in [5.41, 5.74) is 4.57. The number of benzene rings is 2. The molecule has 5 heteroatoms. The van der Waals surface area contributed by atoms with E-state index in [1.807, 2.05) is 30.3 Å². The standard InChI is InChI=1S/C21H18ClN3S/c1-13(2)14-8-10-15(11-9-14)17-12-26-20-18(17)19(24-21(22)25-20)23-16-6-4-3-5-7-16/h3-13H,1-2H3,(H,23,24,25). The Hall–Kier alpha value is -2.43. The van der Waals surface area contributed by atoms with Gasteiger partial charge in [0.2, 0.25) is 5.28 Å². The minimum atomic E-state index is 0.250. The maximum absolute atomic E-state index is 6.15. The molecule has 130 valence electrons. The van der Waals surface area contributed by atoms with Crippen LogP contribution in [0.25, 0.3) is 21.3 Å². The molecule has 3 nitrogen and oxygen atoms in total. The average molecular weight is 380 g/mol. The summed E-state index contributed by atoms with van der Waals surface area (Å²) in [4.78, 5) is 9.73. The molecular formula is C21H18ClN3S. The van der Waals surface area contributed by atoms with Gasteiger partial charge in [-0.05, 0) is 40.8 Å². The number of halogens is 1. The molecule has 0 aliphatic carbocycles. The van der Waals surface area contributed by atoms with E-state index in [1.165, 1.54) is 5.56 Å². The lowest BCUT2D eigenvalue weighted by Gasteiger charge is -2.10. The Morgan fingerprint density at radius 2 is 1.69 bits per heavy atom. The number of nitrogens with zero attached hydrogens (tertiary/aromatic N) is 2. The van der Waals surface area contributed by atoms with Crippen molar-refractivity contribution in [2.45, 2.75) is 19.8 Å². The Kier molecular flexibility index (Phi) is 4.62. The fraction of sp³-hybridized carbons (Fsp3) is 0.143. The van der Waals surface area contributed by atoms with Gasteiger partial charge in [-0.15, -0.1) is 11.3 Å². The molecule has 0 saturated heterocycles. The van der Waals surface area contributed by atoms with Crippen molar-refractivity contribution in [3.63, 3.8) is 0 Å². The topological polar surface area (TPSA) is 37.8 Å². The summed E-state index contributed by atoms with van der Waals surface area (Å²) in [6.45, 7) is 4.40. The van der Waals surface area contributed by atoms with Crippen molar-refractivity contribution < 1.29 is 0 Å². The average Bonchev–Trinajstić information content (AvgIpc) is 3.06. The number of nitrogens with one attached hydrogen (secondary N) is 1. The fourth-order valence-electron chi connectivity index (χ4n) is 2.92. The van der Waals surface area contributed by atoms with Crippen molar-refractivity contribution in [1.29, 1.82) is 0 Å². The van der Waals surface area contributed by atoms with Gasteiger partial charge in [-0.1, -0.05) is 56.3 Å². The highest BCUT2D eigenvalue weighted by Crippen LogP contribution is 2.38. The molecule has 0 bridgehead atoms. The predicted octanol–water partition coefficient (Wildman–Crippen LogP) is 6.88.